The Morgan fingerprint density at radius 1 is 1.06 bits per heavy atom. The highest BCUT2D eigenvalue weighted by Crippen LogP contribution is 2.38. The average Bonchev–Trinajstić information content (AvgIpc) is 3.49. The lowest BCUT2D eigenvalue weighted by atomic mass is 10.0. The van der Waals surface area contributed by atoms with E-state index in [1.807, 2.05) is 12.1 Å². The molecule has 2 aromatic rings. The molecule has 5 nitrogen and oxygen atoms in total. The monoisotopic (exact) mass is 497 g/mol. The van der Waals surface area contributed by atoms with E-state index in [-0.39, 0.29) is 29.7 Å². The van der Waals surface area contributed by atoms with Crippen LogP contribution in [0.1, 0.15) is 37.3 Å². The number of hydrogen-bond donors (Lipinski definition) is 2. The topological polar surface area (TPSA) is 75.4 Å². The fourth-order valence-electron chi connectivity index (χ4n) is 4.40. The Hall–Kier alpha value is -1.41. The second-order valence-corrected chi connectivity index (χ2v) is 10.2. The van der Waals surface area contributed by atoms with Crippen LogP contribution in [0.4, 0.5) is 0 Å². The Bertz CT molecular complexity index is 990. The minimum atomic E-state index is -3.62. The summed E-state index contributed by atoms with van der Waals surface area (Å²) in [6.45, 7) is 5.22. The van der Waals surface area contributed by atoms with Gasteiger partial charge in [0.15, 0.2) is 0 Å². The van der Waals surface area contributed by atoms with Gasteiger partial charge in [0.05, 0.1) is 4.90 Å². The summed E-state index contributed by atoms with van der Waals surface area (Å²) in [6, 6.07) is 18.7. The van der Waals surface area contributed by atoms with Gasteiger partial charge in [-0.2, -0.15) is 0 Å². The predicted octanol–water partition coefficient (Wildman–Crippen LogP) is 4.22. The molecular weight excluding hydrogens is 465 g/mol. The fourth-order valence-corrected chi connectivity index (χ4v) is 4.92. The molecule has 2 atom stereocenters. The van der Waals surface area contributed by atoms with Crippen LogP contribution in [0, 0.1) is 5.92 Å². The van der Waals surface area contributed by atoms with E-state index in [1.54, 1.807) is 12.1 Å². The summed E-state index contributed by atoms with van der Waals surface area (Å²) in [5.41, 5.74) is 3.88. The number of nitrogens with zero attached hydrogens (tertiary/aromatic N) is 1. The quantitative estimate of drug-likeness (QED) is 0.600. The predicted molar refractivity (Wildman–Crippen MR) is 136 cm³/mol. The van der Waals surface area contributed by atoms with Gasteiger partial charge in [-0.1, -0.05) is 54.1 Å². The van der Waals surface area contributed by atoms with Gasteiger partial charge in [-0.3, -0.25) is 4.90 Å². The summed E-state index contributed by atoms with van der Waals surface area (Å²) >= 11 is 0. The number of piperidine rings is 1. The third-order valence-electron chi connectivity index (χ3n) is 6.26. The number of primary sulfonamides is 1. The van der Waals surface area contributed by atoms with Crippen molar-refractivity contribution < 1.29 is 8.42 Å². The van der Waals surface area contributed by atoms with Gasteiger partial charge < -0.3 is 5.32 Å². The Morgan fingerprint density at radius 3 is 2.28 bits per heavy atom. The summed E-state index contributed by atoms with van der Waals surface area (Å²) in [6.07, 6.45) is 5.86. The zero-order valence-electron chi connectivity index (χ0n) is 18.3. The molecule has 1 saturated heterocycles. The third-order valence-corrected chi connectivity index (χ3v) is 7.19. The van der Waals surface area contributed by atoms with Crippen molar-refractivity contribution in [2.24, 2.45) is 11.1 Å². The molecule has 32 heavy (non-hydrogen) atoms. The lowest BCUT2D eigenvalue weighted by molar-refractivity contribution is 0.189. The SMILES string of the molecule is C/C(=C\c1ccccc1)[C@@H]1C[C@H]1NC1CCN(Cc2ccc(S(N)(=O)=O)cc2)CC1.Cl.Cl. The van der Waals surface area contributed by atoms with Crippen molar-refractivity contribution in [3.8, 4) is 0 Å². The Balaban J connectivity index is 0.00000181. The maximum Gasteiger partial charge on any atom is 0.238 e. The van der Waals surface area contributed by atoms with Crippen LogP contribution in [0.2, 0.25) is 0 Å². The summed E-state index contributed by atoms with van der Waals surface area (Å²) in [5, 5.41) is 9.04. The van der Waals surface area contributed by atoms with E-state index in [0.717, 1.165) is 38.0 Å². The standard InChI is InChI=1S/C24H31N3O2S.2ClH/c1-18(15-19-5-3-2-4-6-19)23-16-24(23)26-21-11-13-27(14-12-21)17-20-7-9-22(10-8-20)30(25,28)29;;/h2-10,15,21,23-24,26H,11-14,16-17H2,1H3,(H2,25,28,29);2*1H/b18-15+;;/t23-,24+;;/m0../s1. The van der Waals surface area contributed by atoms with Crippen LogP contribution < -0.4 is 10.5 Å². The first kappa shape index (κ1) is 26.8. The molecule has 0 aromatic heterocycles. The van der Waals surface area contributed by atoms with Crippen LogP contribution in [0.3, 0.4) is 0 Å². The van der Waals surface area contributed by atoms with Crippen molar-refractivity contribution in [2.75, 3.05) is 13.1 Å². The maximum atomic E-state index is 11.4. The lowest BCUT2D eigenvalue weighted by Gasteiger charge is -2.32. The second kappa shape index (κ2) is 11.6. The van der Waals surface area contributed by atoms with Crippen molar-refractivity contribution >= 4 is 40.9 Å². The third kappa shape index (κ3) is 7.30. The number of likely N-dealkylation sites (tertiary alicyclic amines) is 1. The van der Waals surface area contributed by atoms with Crippen LogP contribution in [0.5, 0.6) is 0 Å². The van der Waals surface area contributed by atoms with Crippen LogP contribution in [-0.2, 0) is 16.6 Å². The second-order valence-electron chi connectivity index (χ2n) is 8.65. The first-order valence-electron chi connectivity index (χ1n) is 10.7. The number of nitrogens with two attached hydrogens (primary N) is 1. The normalized spacial score (nSPS) is 22.0. The largest absolute Gasteiger partial charge is 0.311 e. The smallest absolute Gasteiger partial charge is 0.238 e. The summed E-state index contributed by atoms with van der Waals surface area (Å²) in [5.74, 6) is 0.667. The van der Waals surface area contributed by atoms with E-state index >= 15 is 0 Å². The van der Waals surface area contributed by atoms with E-state index in [1.165, 1.54) is 17.6 Å². The van der Waals surface area contributed by atoms with E-state index in [4.69, 9.17) is 5.14 Å². The van der Waals surface area contributed by atoms with Crippen molar-refractivity contribution in [1.29, 1.82) is 0 Å². The lowest BCUT2D eigenvalue weighted by Crippen LogP contribution is -2.43. The summed E-state index contributed by atoms with van der Waals surface area (Å²) in [7, 11) is -3.62. The van der Waals surface area contributed by atoms with Crippen LogP contribution in [-0.4, -0.2) is 38.5 Å². The highest BCUT2D eigenvalue weighted by Gasteiger charge is 2.39. The first-order valence-corrected chi connectivity index (χ1v) is 12.3. The van der Waals surface area contributed by atoms with Gasteiger partial charge in [0.2, 0.25) is 10.0 Å². The summed E-state index contributed by atoms with van der Waals surface area (Å²) < 4.78 is 22.8. The molecule has 176 valence electrons. The number of nitrogens with one attached hydrogen (secondary N) is 1. The highest BCUT2D eigenvalue weighted by molar-refractivity contribution is 7.89. The molecule has 2 aliphatic rings. The minimum absolute atomic E-state index is 0. The van der Waals surface area contributed by atoms with Gasteiger partial charge in [-0.05, 0) is 68.5 Å². The fraction of sp³-hybridized carbons (Fsp3) is 0.417. The molecule has 1 aliphatic carbocycles. The van der Waals surface area contributed by atoms with Gasteiger partial charge in [-0.25, -0.2) is 13.6 Å². The molecule has 4 rings (SSSR count). The molecule has 2 fully saturated rings. The van der Waals surface area contributed by atoms with Crippen molar-refractivity contribution in [1.82, 2.24) is 10.2 Å². The Kier molecular flexibility index (Phi) is 9.76. The van der Waals surface area contributed by atoms with Gasteiger partial charge in [0.25, 0.3) is 0 Å². The summed E-state index contributed by atoms with van der Waals surface area (Å²) in [4.78, 5) is 2.61. The molecule has 0 radical (unpaired) electrons. The van der Waals surface area contributed by atoms with Crippen LogP contribution >= 0.6 is 24.8 Å². The van der Waals surface area contributed by atoms with E-state index < -0.39 is 10.0 Å². The molecule has 1 aliphatic heterocycles. The number of benzene rings is 2. The number of rotatable bonds is 7. The van der Waals surface area contributed by atoms with Crippen molar-refractivity contribution in [3.05, 3.63) is 71.3 Å². The Labute approximate surface area is 204 Å². The molecule has 1 saturated carbocycles. The molecule has 0 spiro atoms. The molecule has 2 aromatic carbocycles. The van der Waals surface area contributed by atoms with E-state index in [0.29, 0.717) is 18.0 Å². The van der Waals surface area contributed by atoms with Crippen molar-refractivity contribution in [3.63, 3.8) is 0 Å². The average molecular weight is 499 g/mol. The molecule has 0 amide bonds. The van der Waals surface area contributed by atoms with Crippen LogP contribution in [0.15, 0.2) is 65.1 Å². The van der Waals surface area contributed by atoms with E-state index in [2.05, 4.69) is 53.5 Å². The molecule has 3 N–H and O–H groups in total. The van der Waals surface area contributed by atoms with Gasteiger partial charge in [0, 0.05) is 18.6 Å². The molecular formula is C24H33Cl2N3O2S. The molecule has 8 heteroatoms. The first-order chi connectivity index (χ1) is 14.4. The van der Waals surface area contributed by atoms with Gasteiger partial charge in [0.1, 0.15) is 0 Å². The zero-order valence-corrected chi connectivity index (χ0v) is 20.8. The molecule has 0 bridgehead atoms. The van der Waals surface area contributed by atoms with Gasteiger partial charge in [-0.15, -0.1) is 24.8 Å². The number of sulfonamides is 1. The highest BCUT2D eigenvalue weighted by atomic mass is 35.5. The van der Waals surface area contributed by atoms with Crippen molar-refractivity contribution in [2.45, 2.75) is 49.7 Å². The zero-order chi connectivity index (χ0) is 21.1. The maximum absolute atomic E-state index is 11.4. The van der Waals surface area contributed by atoms with E-state index in [9.17, 15) is 8.42 Å². The van der Waals surface area contributed by atoms with Gasteiger partial charge >= 0.3 is 0 Å². The molecule has 0 unspecified atom stereocenters. The molecule has 1 heterocycles. The minimum Gasteiger partial charge on any atom is -0.311 e. The Morgan fingerprint density at radius 2 is 1.69 bits per heavy atom. The number of hydrogen-bond acceptors (Lipinski definition) is 4. The van der Waals surface area contributed by atoms with Crippen LogP contribution in [0.25, 0.3) is 6.08 Å². The number of halogens is 2.